The fourth-order valence-electron chi connectivity index (χ4n) is 2.57. The van der Waals surface area contributed by atoms with Crippen molar-refractivity contribution >= 4 is 11.6 Å². The maximum Gasteiger partial charge on any atom is 0.227 e. The van der Waals surface area contributed by atoms with Crippen LogP contribution in [0.25, 0.3) is 0 Å². The van der Waals surface area contributed by atoms with E-state index < -0.39 is 5.60 Å². The van der Waals surface area contributed by atoms with Gasteiger partial charge in [-0.05, 0) is 43.9 Å². The summed E-state index contributed by atoms with van der Waals surface area (Å²) in [6, 6.07) is 5.98. The monoisotopic (exact) mass is 247 g/mol. The molecule has 0 aromatic heterocycles. The minimum absolute atomic E-state index is 0.0897. The van der Waals surface area contributed by atoms with Gasteiger partial charge in [0.1, 0.15) is 0 Å². The van der Waals surface area contributed by atoms with E-state index in [4.69, 9.17) is 0 Å². The van der Waals surface area contributed by atoms with Crippen LogP contribution in [-0.4, -0.2) is 16.6 Å². The Labute approximate surface area is 108 Å². The summed E-state index contributed by atoms with van der Waals surface area (Å²) >= 11 is 0. The van der Waals surface area contributed by atoms with Gasteiger partial charge < -0.3 is 10.4 Å². The quantitative estimate of drug-likeness (QED) is 0.862. The maximum absolute atomic E-state index is 12.0. The lowest BCUT2D eigenvalue weighted by atomic mass is 9.97. The number of nitrogens with one attached hydrogen (secondary N) is 1. The number of aryl methyl sites for hydroxylation is 2. The fourth-order valence-corrected chi connectivity index (χ4v) is 2.57. The molecule has 0 bridgehead atoms. The molecule has 2 N–H and O–H groups in total. The molecule has 1 aromatic rings. The molecule has 18 heavy (non-hydrogen) atoms. The number of hydrogen-bond acceptors (Lipinski definition) is 2. The van der Waals surface area contributed by atoms with Crippen LogP contribution in [0.5, 0.6) is 0 Å². The van der Waals surface area contributed by atoms with Crippen LogP contribution in [0.1, 0.15) is 43.2 Å². The summed E-state index contributed by atoms with van der Waals surface area (Å²) in [7, 11) is 0. The van der Waals surface area contributed by atoms with Gasteiger partial charge in [0.2, 0.25) is 5.91 Å². The average Bonchev–Trinajstić information content (AvgIpc) is 2.70. The van der Waals surface area contributed by atoms with Crippen molar-refractivity contribution in [3.8, 4) is 0 Å². The maximum atomic E-state index is 12.0. The molecular formula is C15H21NO2. The summed E-state index contributed by atoms with van der Waals surface area (Å²) in [6.07, 6.45) is 3.74. The lowest BCUT2D eigenvalue weighted by Crippen LogP contribution is -2.30. The Morgan fingerprint density at radius 2 is 2.00 bits per heavy atom. The lowest BCUT2D eigenvalue weighted by Gasteiger charge is -2.21. The Hall–Kier alpha value is -1.35. The summed E-state index contributed by atoms with van der Waals surface area (Å²) in [5.41, 5.74) is 2.24. The topological polar surface area (TPSA) is 49.3 Å². The molecule has 0 atom stereocenters. The van der Waals surface area contributed by atoms with Gasteiger partial charge in [0.15, 0.2) is 0 Å². The Morgan fingerprint density at radius 3 is 2.67 bits per heavy atom. The Balaban J connectivity index is 2.00. The van der Waals surface area contributed by atoms with Gasteiger partial charge in [0.05, 0.1) is 12.0 Å². The molecule has 98 valence electrons. The Morgan fingerprint density at radius 1 is 1.33 bits per heavy atom. The van der Waals surface area contributed by atoms with Crippen LogP contribution in [0, 0.1) is 13.8 Å². The van der Waals surface area contributed by atoms with Gasteiger partial charge in [-0.3, -0.25) is 4.79 Å². The summed E-state index contributed by atoms with van der Waals surface area (Å²) in [5, 5.41) is 13.1. The van der Waals surface area contributed by atoms with Gasteiger partial charge in [0, 0.05) is 5.69 Å². The minimum Gasteiger partial charge on any atom is -0.389 e. The number of carbonyl (C=O) groups excluding carboxylic acids is 1. The Kier molecular flexibility index (Phi) is 3.71. The molecule has 2 rings (SSSR count). The summed E-state index contributed by atoms with van der Waals surface area (Å²) in [5.74, 6) is -0.0897. The van der Waals surface area contributed by atoms with E-state index in [1.165, 1.54) is 0 Å². The van der Waals surface area contributed by atoms with Crippen LogP contribution >= 0.6 is 0 Å². The first-order valence-corrected chi connectivity index (χ1v) is 6.58. The zero-order valence-electron chi connectivity index (χ0n) is 11.1. The van der Waals surface area contributed by atoms with E-state index in [1.807, 2.05) is 32.0 Å². The van der Waals surface area contributed by atoms with Crippen LogP contribution in [0.4, 0.5) is 5.69 Å². The van der Waals surface area contributed by atoms with Crippen molar-refractivity contribution in [2.45, 2.75) is 51.6 Å². The van der Waals surface area contributed by atoms with Gasteiger partial charge in [-0.15, -0.1) is 0 Å². The molecule has 3 heteroatoms. The van der Waals surface area contributed by atoms with E-state index in [0.29, 0.717) is 0 Å². The van der Waals surface area contributed by atoms with Crippen LogP contribution in [-0.2, 0) is 4.79 Å². The third-order valence-electron chi connectivity index (χ3n) is 3.69. The minimum atomic E-state index is -0.776. The van der Waals surface area contributed by atoms with Crippen LogP contribution in [0.2, 0.25) is 0 Å². The SMILES string of the molecule is Cc1ccc(C)c(NC(=O)CC2(O)CCCC2)c1. The van der Waals surface area contributed by atoms with Crippen LogP contribution < -0.4 is 5.32 Å². The zero-order chi connectivity index (χ0) is 13.2. The van der Waals surface area contributed by atoms with Crippen molar-refractivity contribution in [3.63, 3.8) is 0 Å². The number of anilines is 1. The standard InChI is InChI=1S/C15H21NO2/c1-11-5-6-12(2)13(9-11)16-14(17)10-15(18)7-3-4-8-15/h5-6,9,18H,3-4,7-8,10H2,1-2H3,(H,16,17). The summed E-state index contributed by atoms with van der Waals surface area (Å²) < 4.78 is 0. The molecule has 0 saturated heterocycles. The number of aliphatic hydroxyl groups is 1. The van der Waals surface area contributed by atoms with E-state index >= 15 is 0 Å². The highest BCUT2D eigenvalue weighted by Gasteiger charge is 2.33. The van der Waals surface area contributed by atoms with Gasteiger partial charge in [-0.25, -0.2) is 0 Å². The van der Waals surface area contributed by atoms with Gasteiger partial charge >= 0.3 is 0 Å². The molecule has 1 aromatic carbocycles. The van der Waals surface area contributed by atoms with E-state index in [2.05, 4.69) is 5.32 Å². The van der Waals surface area contributed by atoms with Crippen molar-refractivity contribution < 1.29 is 9.90 Å². The molecule has 1 fully saturated rings. The summed E-state index contributed by atoms with van der Waals surface area (Å²) in [6.45, 7) is 3.97. The highest BCUT2D eigenvalue weighted by atomic mass is 16.3. The number of amides is 1. The molecule has 1 saturated carbocycles. The lowest BCUT2D eigenvalue weighted by molar-refractivity contribution is -0.120. The predicted octanol–water partition coefficient (Wildman–Crippen LogP) is 2.94. The fraction of sp³-hybridized carbons (Fsp3) is 0.533. The second-order valence-corrected chi connectivity index (χ2v) is 5.47. The van der Waals surface area contributed by atoms with E-state index in [0.717, 1.165) is 42.5 Å². The van der Waals surface area contributed by atoms with E-state index in [9.17, 15) is 9.90 Å². The van der Waals surface area contributed by atoms with Crippen molar-refractivity contribution in [2.75, 3.05) is 5.32 Å². The smallest absolute Gasteiger partial charge is 0.227 e. The molecule has 0 aliphatic heterocycles. The number of hydrogen-bond donors (Lipinski definition) is 2. The average molecular weight is 247 g/mol. The molecule has 1 amide bonds. The van der Waals surface area contributed by atoms with Crippen molar-refractivity contribution in [1.82, 2.24) is 0 Å². The van der Waals surface area contributed by atoms with Crippen molar-refractivity contribution in [2.24, 2.45) is 0 Å². The summed E-state index contributed by atoms with van der Waals surface area (Å²) in [4.78, 5) is 12.0. The number of benzene rings is 1. The highest BCUT2D eigenvalue weighted by Crippen LogP contribution is 2.32. The van der Waals surface area contributed by atoms with Crippen LogP contribution in [0.15, 0.2) is 18.2 Å². The van der Waals surface area contributed by atoms with Gasteiger partial charge in [-0.1, -0.05) is 25.0 Å². The molecular weight excluding hydrogens is 226 g/mol. The van der Waals surface area contributed by atoms with E-state index in [-0.39, 0.29) is 12.3 Å². The van der Waals surface area contributed by atoms with Crippen molar-refractivity contribution in [3.05, 3.63) is 29.3 Å². The number of carbonyl (C=O) groups is 1. The van der Waals surface area contributed by atoms with Gasteiger partial charge in [0.25, 0.3) is 0 Å². The largest absolute Gasteiger partial charge is 0.389 e. The Bertz CT molecular complexity index is 448. The molecule has 0 heterocycles. The molecule has 1 aliphatic rings. The second kappa shape index (κ2) is 5.11. The van der Waals surface area contributed by atoms with E-state index in [1.54, 1.807) is 0 Å². The first-order chi connectivity index (χ1) is 8.48. The van der Waals surface area contributed by atoms with Gasteiger partial charge in [-0.2, -0.15) is 0 Å². The first-order valence-electron chi connectivity index (χ1n) is 6.58. The number of rotatable bonds is 3. The predicted molar refractivity (Wildman–Crippen MR) is 72.6 cm³/mol. The second-order valence-electron chi connectivity index (χ2n) is 5.47. The first kappa shape index (κ1) is 13.1. The molecule has 3 nitrogen and oxygen atoms in total. The highest BCUT2D eigenvalue weighted by molar-refractivity contribution is 5.92. The van der Waals surface area contributed by atoms with Crippen molar-refractivity contribution in [1.29, 1.82) is 0 Å². The molecule has 1 aliphatic carbocycles. The normalized spacial score (nSPS) is 17.7. The van der Waals surface area contributed by atoms with Crippen LogP contribution in [0.3, 0.4) is 0 Å². The molecule has 0 spiro atoms. The third-order valence-corrected chi connectivity index (χ3v) is 3.69. The molecule has 0 radical (unpaired) electrons. The zero-order valence-corrected chi connectivity index (χ0v) is 11.1. The third kappa shape index (κ3) is 3.10. The molecule has 0 unspecified atom stereocenters.